The lowest BCUT2D eigenvalue weighted by Gasteiger charge is -2.38. The first-order valence-electron chi connectivity index (χ1n) is 13.2. The molecule has 5 rings (SSSR count). The van der Waals surface area contributed by atoms with Crippen LogP contribution in [-0.2, 0) is 16.4 Å². The Bertz CT molecular complexity index is 1490. The van der Waals surface area contributed by atoms with Gasteiger partial charge < -0.3 is 19.9 Å². The van der Waals surface area contributed by atoms with E-state index in [1.54, 1.807) is 13.2 Å². The van der Waals surface area contributed by atoms with Crippen molar-refractivity contribution < 1.29 is 17.9 Å². The van der Waals surface area contributed by atoms with E-state index in [-0.39, 0.29) is 5.91 Å². The smallest absolute Gasteiger partial charge is 0.258 e. The minimum Gasteiger partial charge on any atom is -0.495 e. The average molecular weight is 549 g/mol. The minimum atomic E-state index is -3.34. The van der Waals surface area contributed by atoms with Gasteiger partial charge in [0, 0.05) is 48.7 Å². The quantitative estimate of drug-likeness (QED) is 0.474. The van der Waals surface area contributed by atoms with Crippen molar-refractivity contribution in [1.82, 2.24) is 5.32 Å². The van der Waals surface area contributed by atoms with Gasteiger partial charge in [0.25, 0.3) is 5.91 Å². The van der Waals surface area contributed by atoms with Gasteiger partial charge in [-0.05, 0) is 85.8 Å². The highest BCUT2D eigenvalue weighted by molar-refractivity contribution is 7.92. The molecule has 2 atom stereocenters. The lowest BCUT2D eigenvalue weighted by Crippen LogP contribution is -2.54. The number of rotatable bonds is 6. The van der Waals surface area contributed by atoms with E-state index in [0.717, 1.165) is 65.1 Å². The molecule has 3 aromatic carbocycles. The van der Waals surface area contributed by atoms with Gasteiger partial charge in [-0.2, -0.15) is 0 Å². The number of nitrogens with one attached hydrogen (secondary N) is 2. The summed E-state index contributed by atoms with van der Waals surface area (Å²) < 4.78 is 31.4. The lowest BCUT2D eigenvalue weighted by molar-refractivity contribution is 0.0989. The number of amides is 1. The first kappa shape index (κ1) is 27.0. The van der Waals surface area contributed by atoms with Gasteiger partial charge in [-0.3, -0.25) is 9.52 Å². The average Bonchev–Trinajstić information content (AvgIpc) is 3.29. The molecular formula is C30H36N4O4S. The monoisotopic (exact) mass is 548 g/mol. The molecule has 206 valence electrons. The molecule has 0 saturated carbocycles. The molecule has 1 saturated heterocycles. The summed E-state index contributed by atoms with van der Waals surface area (Å²) in [7, 11) is -1.63. The van der Waals surface area contributed by atoms with E-state index in [2.05, 4.69) is 40.9 Å². The Balaban J connectivity index is 1.39. The number of piperazine rings is 1. The van der Waals surface area contributed by atoms with Crippen LogP contribution in [0.2, 0.25) is 0 Å². The molecule has 0 unspecified atom stereocenters. The van der Waals surface area contributed by atoms with Gasteiger partial charge in [0.15, 0.2) is 0 Å². The zero-order chi connectivity index (χ0) is 27.9. The van der Waals surface area contributed by atoms with Crippen LogP contribution in [0.25, 0.3) is 11.1 Å². The highest BCUT2D eigenvalue weighted by Gasteiger charge is 2.30. The molecule has 0 bridgehead atoms. The van der Waals surface area contributed by atoms with Crippen LogP contribution in [-0.4, -0.2) is 59.4 Å². The molecule has 39 heavy (non-hydrogen) atoms. The van der Waals surface area contributed by atoms with E-state index >= 15 is 0 Å². The number of carbonyl (C=O) groups is 1. The molecule has 0 spiro atoms. The third-order valence-corrected chi connectivity index (χ3v) is 8.00. The van der Waals surface area contributed by atoms with Gasteiger partial charge in [0.05, 0.1) is 19.1 Å². The second-order valence-electron chi connectivity index (χ2n) is 10.7. The van der Waals surface area contributed by atoms with Gasteiger partial charge >= 0.3 is 0 Å². The maximum absolute atomic E-state index is 13.7. The molecule has 1 fully saturated rings. The highest BCUT2D eigenvalue weighted by atomic mass is 32.2. The number of fused-ring (bicyclic) bond motifs is 1. The van der Waals surface area contributed by atoms with Crippen molar-refractivity contribution >= 4 is 33.0 Å². The third kappa shape index (κ3) is 5.74. The fraction of sp³-hybridized carbons (Fsp3) is 0.367. The van der Waals surface area contributed by atoms with Crippen molar-refractivity contribution in [3.8, 4) is 16.9 Å². The van der Waals surface area contributed by atoms with Crippen LogP contribution in [0.15, 0.2) is 54.6 Å². The predicted molar refractivity (Wildman–Crippen MR) is 158 cm³/mol. The Morgan fingerprint density at radius 1 is 1.00 bits per heavy atom. The van der Waals surface area contributed by atoms with Crippen LogP contribution in [0, 0.1) is 6.92 Å². The Kier molecular flexibility index (Phi) is 7.31. The van der Waals surface area contributed by atoms with Crippen LogP contribution in [0.4, 0.5) is 17.1 Å². The number of aryl methyl sites for hydroxylation is 1. The van der Waals surface area contributed by atoms with Crippen molar-refractivity contribution in [2.75, 3.05) is 47.5 Å². The molecule has 2 aliphatic heterocycles. The van der Waals surface area contributed by atoms with Crippen LogP contribution >= 0.6 is 0 Å². The third-order valence-electron chi connectivity index (χ3n) is 7.39. The standard InChI is InChI=1S/C30H36N4O4S/c1-19-14-25(32-39(5,36)37)10-11-26(19)22-6-8-23(9-7-22)30(35)34-13-12-24-15-29(38-4)28(16-27(24)34)33-17-20(2)31-21(3)18-33/h6-11,14-16,20-21,31-32H,12-13,17-18H2,1-5H3/t20-,21+. The molecular weight excluding hydrogens is 512 g/mol. The number of hydrogen-bond donors (Lipinski definition) is 2. The van der Waals surface area contributed by atoms with Crippen LogP contribution < -0.4 is 24.6 Å². The maximum Gasteiger partial charge on any atom is 0.258 e. The number of methoxy groups -OCH3 is 1. The Morgan fingerprint density at radius 2 is 1.69 bits per heavy atom. The molecule has 3 aromatic rings. The summed E-state index contributed by atoms with van der Waals surface area (Å²) in [5.74, 6) is 0.824. The number of ether oxygens (including phenoxy) is 1. The van der Waals surface area contributed by atoms with E-state index in [1.807, 2.05) is 48.2 Å². The van der Waals surface area contributed by atoms with Crippen LogP contribution in [0.3, 0.4) is 0 Å². The summed E-state index contributed by atoms with van der Waals surface area (Å²) in [6.45, 7) is 8.69. The predicted octanol–water partition coefficient (Wildman–Crippen LogP) is 4.43. The first-order chi connectivity index (χ1) is 18.5. The molecule has 1 amide bonds. The van der Waals surface area contributed by atoms with Gasteiger partial charge in [-0.1, -0.05) is 18.2 Å². The summed E-state index contributed by atoms with van der Waals surface area (Å²) in [5.41, 5.74) is 7.13. The Hall–Kier alpha value is -3.56. The van der Waals surface area contributed by atoms with E-state index in [1.165, 1.54) is 0 Å². The van der Waals surface area contributed by atoms with Crippen molar-refractivity contribution in [3.05, 3.63) is 71.3 Å². The highest BCUT2D eigenvalue weighted by Crippen LogP contribution is 2.40. The summed E-state index contributed by atoms with van der Waals surface area (Å²) in [4.78, 5) is 17.9. The largest absolute Gasteiger partial charge is 0.495 e. The molecule has 8 nitrogen and oxygen atoms in total. The summed E-state index contributed by atoms with van der Waals surface area (Å²) in [6.07, 6.45) is 1.92. The van der Waals surface area contributed by atoms with Crippen molar-refractivity contribution in [1.29, 1.82) is 0 Å². The van der Waals surface area contributed by atoms with Gasteiger partial charge in [-0.15, -0.1) is 0 Å². The molecule has 0 aliphatic carbocycles. The van der Waals surface area contributed by atoms with Gasteiger partial charge in [0.2, 0.25) is 10.0 Å². The van der Waals surface area contributed by atoms with Gasteiger partial charge in [-0.25, -0.2) is 8.42 Å². The van der Waals surface area contributed by atoms with Crippen molar-refractivity contribution in [2.45, 2.75) is 39.3 Å². The Labute approximate surface area is 231 Å². The SMILES string of the molecule is COc1cc2c(cc1N1C[C@@H](C)N[C@@H](C)C1)N(C(=O)c1ccc(-c3ccc(NS(C)(=O)=O)cc3C)cc1)CC2. The molecule has 0 aromatic heterocycles. The lowest BCUT2D eigenvalue weighted by atomic mass is 9.99. The number of anilines is 3. The fourth-order valence-corrected chi connectivity index (χ4v) is 6.32. The van der Waals surface area contributed by atoms with Gasteiger partial charge in [0.1, 0.15) is 5.75 Å². The minimum absolute atomic E-state index is 0.0251. The number of hydrogen-bond acceptors (Lipinski definition) is 6. The number of nitrogens with zero attached hydrogens (tertiary/aromatic N) is 2. The zero-order valence-corrected chi connectivity index (χ0v) is 23.9. The van der Waals surface area contributed by atoms with E-state index in [9.17, 15) is 13.2 Å². The Morgan fingerprint density at radius 3 is 2.31 bits per heavy atom. The van der Waals surface area contributed by atoms with E-state index in [4.69, 9.17) is 4.74 Å². The molecule has 2 N–H and O–H groups in total. The number of sulfonamides is 1. The van der Waals surface area contributed by atoms with Crippen LogP contribution in [0.5, 0.6) is 5.75 Å². The number of benzene rings is 3. The molecule has 0 radical (unpaired) electrons. The topological polar surface area (TPSA) is 91.0 Å². The fourth-order valence-electron chi connectivity index (χ4n) is 5.76. The normalized spacial score (nSPS) is 19.1. The molecule has 9 heteroatoms. The van der Waals surface area contributed by atoms with Crippen LogP contribution in [0.1, 0.15) is 35.3 Å². The van der Waals surface area contributed by atoms with Crippen molar-refractivity contribution in [3.63, 3.8) is 0 Å². The first-order valence-corrected chi connectivity index (χ1v) is 15.1. The summed E-state index contributed by atoms with van der Waals surface area (Å²) >= 11 is 0. The second kappa shape index (κ2) is 10.5. The summed E-state index contributed by atoms with van der Waals surface area (Å²) in [6, 6.07) is 18.0. The summed E-state index contributed by atoms with van der Waals surface area (Å²) in [5, 5.41) is 3.57. The second-order valence-corrected chi connectivity index (χ2v) is 12.5. The molecule has 2 heterocycles. The maximum atomic E-state index is 13.7. The molecule has 2 aliphatic rings. The number of carbonyl (C=O) groups excluding carboxylic acids is 1. The zero-order valence-electron chi connectivity index (χ0n) is 23.1. The van der Waals surface area contributed by atoms with E-state index < -0.39 is 10.0 Å². The van der Waals surface area contributed by atoms with E-state index in [0.29, 0.717) is 29.9 Å². The van der Waals surface area contributed by atoms with Crippen molar-refractivity contribution in [2.24, 2.45) is 0 Å².